The number of hydrogen-bond acceptors (Lipinski definition) is 2. The summed E-state index contributed by atoms with van der Waals surface area (Å²) in [6.45, 7) is 0. The Morgan fingerprint density at radius 2 is 1.83 bits per heavy atom. The third kappa shape index (κ3) is 1.41. The van der Waals surface area contributed by atoms with Gasteiger partial charge in [0.1, 0.15) is 11.6 Å². The van der Waals surface area contributed by atoms with E-state index in [4.69, 9.17) is 10.4 Å². The molecule has 0 saturated heterocycles. The molecule has 0 bridgehead atoms. The van der Waals surface area contributed by atoms with Crippen molar-refractivity contribution in [1.29, 1.82) is 5.26 Å². The molecular formula is C8H5F2NO. The summed E-state index contributed by atoms with van der Waals surface area (Å²) in [5.41, 5.74) is -0.597. The van der Waals surface area contributed by atoms with E-state index in [9.17, 15) is 8.78 Å². The van der Waals surface area contributed by atoms with E-state index in [1.807, 2.05) is 0 Å². The van der Waals surface area contributed by atoms with Gasteiger partial charge in [-0.15, -0.1) is 0 Å². The molecular weight excluding hydrogens is 164 g/mol. The van der Waals surface area contributed by atoms with Gasteiger partial charge in [0.05, 0.1) is 11.6 Å². The number of benzene rings is 1. The highest BCUT2D eigenvalue weighted by Crippen LogP contribution is 2.19. The molecule has 4 heteroatoms. The highest BCUT2D eigenvalue weighted by Gasteiger charge is 2.16. The summed E-state index contributed by atoms with van der Waals surface area (Å²) in [6.07, 6.45) is -1.74. The van der Waals surface area contributed by atoms with Crippen molar-refractivity contribution in [2.24, 2.45) is 0 Å². The minimum absolute atomic E-state index is 0.597. The van der Waals surface area contributed by atoms with E-state index in [0.29, 0.717) is 0 Å². The van der Waals surface area contributed by atoms with Gasteiger partial charge in [0.2, 0.25) is 0 Å². The van der Waals surface area contributed by atoms with Crippen LogP contribution in [0.5, 0.6) is 0 Å². The Labute approximate surface area is 67.7 Å². The zero-order valence-corrected chi connectivity index (χ0v) is 5.96. The van der Waals surface area contributed by atoms with Crippen molar-refractivity contribution in [2.45, 2.75) is 6.10 Å². The lowest BCUT2D eigenvalue weighted by molar-refractivity contribution is 0.224. The third-order valence-electron chi connectivity index (χ3n) is 1.40. The molecule has 1 rings (SSSR count). The first-order chi connectivity index (χ1) is 5.66. The number of hydrogen-bond donors (Lipinski definition) is 1. The highest BCUT2D eigenvalue weighted by atomic mass is 19.1. The van der Waals surface area contributed by atoms with Crippen molar-refractivity contribution in [3.05, 3.63) is 35.4 Å². The van der Waals surface area contributed by atoms with E-state index < -0.39 is 23.3 Å². The molecule has 1 atom stereocenters. The van der Waals surface area contributed by atoms with Gasteiger partial charge < -0.3 is 5.11 Å². The van der Waals surface area contributed by atoms with Crippen LogP contribution >= 0.6 is 0 Å². The maximum Gasteiger partial charge on any atom is 0.171 e. The van der Waals surface area contributed by atoms with E-state index >= 15 is 0 Å². The zero-order valence-electron chi connectivity index (χ0n) is 5.96. The number of rotatable bonds is 1. The van der Waals surface area contributed by atoms with Crippen molar-refractivity contribution in [3.63, 3.8) is 0 Å². The summed E-state index contributed by atoms with van der Waals surface area (Å²) < 4.78 is 25.5. The molecule has 0 aliphatic rings. The molecule has 0 fully saturated rings. The first kappa shape index (κ1) is 8.62. The van der Waals surface area contributed by atoms with E-state index in [1.165, 1.54) is 6.07 Å². The molecule has 1 aromatic rings. The molecule has 0 heterocycles. The number of nitriles is 1. The summed E-state index contributed by atoms with van der Waals surface area (Å²) in [6, 6.07) is 4.47. The largest absolute Gasteiger partial charge is 0.374 e. The fourth-order valence-corrected chi connectivity index (χ4v) is 0.836. The predicted molar refractivity (Wildman–Crippen MR) is 36.9 cm³/mol. The summed E-state index contributed by atoms with van der Waals surface area (Å²) in [5.74, 6) is -1.83. The van der Waals surface area contributed by atoms with Crippen LogP contribution in [-0.4, -0.2) is 5.11 Å². The van der Waals surface area contributed by atoms with E-state index in [2.05, 4.69) is 0 Å². The highest BCUT2D eigenvalue weighted by molar-refractivity contribution is 5.25. The molecule has 12 heavy (non-hydrogen) atoms. The Balaban J connectivity index is 3.23. The average molecular weight is 169 g/mol. The Bertz CT molecular complexity index is 312. The van der Waals surface area contributed by atoms with Gasteiger partial charge in [-0.1, -0.05) is 6.07 Å². The summed E-state index contributed by atoms with van der Waals surface area (Å²) >= 11 is 0. The Morgan fingerprint density at radius 1 is 1.33 bits per heavy atom. The second-order valence-electron chi connectivity index (χ2n) is 2.17. The van der Waals surface area contributed by atoms with Gasteiger partial charge in [0.15, 0.2) is 6.10 Å². The minimum Gasteiger partial charge on any atom is -0.374 e. The minimum atomic E-state index is -1.74. The first-order valence-electron chi connectivity index (χ1n) is 3.18. The average Bonchev–Trinajstić information content (AvgIpc) is 2.03. The van der Waals surface area contributed by atoms with Crippen molar-refractivity contribution in [2.75, 3.05) is 0 Å². The van der Waals surface area contributed by atoms with Crippen LogP contribution in [0.1, 0.15) is 11.7 Å². The Kier molecular flexibility index (Phi) is 2.36. The van der Waals surface area contributed by atoms with Crippen molar-refractivity contribution < 1.29 is 13.9 Å². The van der Waals surface area contributed by atoms with Crippen LogP contribution in [0.25, 0.3) is 0 Å². The number of nitrogens with zero attached hydrogens (tertiary/aromatic N) is 1. The third-order valence-corrected chi connectivity index (χ3v) is 1.40. The van der Waals surface area contributed by atoms with Crippen LogP contribution in [0.15, 0.2) is 18.2 Å². The number of aliphatic hydroxyl groups is 1. The molecule has 0 aliphatic carbocycles. The van der Waals surface area contributed by atoms with E-state index in [-0.39, 0.29) is 0 Å². The SMILES string of the molecule is N#C[C@H](O)c1c(F)cccc1F. The van der Waals surface area contributed by atoms with Crippen LogP contribution in [0, 0.1) is 23.0 Å². The number of aliphatic hydroxyl groups excluding tert-OH is 1. The fourth-order valence-electron chi connectivity index (χ4n) is 0.836. The van der Waals surface area contributed by atoms with Crippen molar-refractivity contribution in [3.8, 4) is 6.07 Å². The Hall–Kier alpha value is -1.47. The van der Waals surface area contributed by atoms with E-state index in [0.717, 1.165) is 18.2 Å². The topological polar surface area (TPSA) is 44.0 Å². The van der Waals surface area contributed by atoms with Gasteiger partial charge in [0.25, 0.3) is 0 Å². The molecule has 0 saturated carbocycles. The lowest BCUT2D eigenvalue weighted by Gasteiger charge is -2.03. The molecule has 0 aliphatic heterocycles. The van der Waals surface area contributed by atoms with Crippen LogP contribution < -0.4 is 0 Å². The maximum atomic E-state index is 12.7. The summed E-state index contributed by atoms with van der Waals surface area (Å²) in [4.78, 5) is 0. The lowest BCUT2D eigenvalue weighted by atomic mass is 10.1. The van der Waals surface area contributed by atoms with Crippen LogP contribution in [0.4, 0.5) is 8.78 Å². The fraction of sp³-hybridized carbons (Fsp3) is 0.125. The van der Waals surface area contributed by atoms with Crippen LogP contribution in [0.3, 0.4) is 0 Å². The zero-order chi connectivity index (χ0) is 9.14. The standard InChI is InChI=1S/C8H5F2NO/c9-5-2-1-3-6(10)8(5)7(12)4-11/h1-3,7,12H/t7-/m0/s1. The van der Waals surface area contributed by atoms with Gasteiger partial charge in [-0.25, -0.2) is 8.78 Å². The first-order valence-corrected chi connectivity index (χ1v) is 3.18. The second kappa shape index (κ2) is 3.28. The van der Waals surface area contributed by atoms with Gasteiger partial charge in [0, 0.05) is 0 Å². The predicted octanol–water partition coefficient (Wildman–Crippen LogP) is 1.52. The summed E-state index contributed by atoms with van der Waals surface area (Å²) in [7, 11) is 0. The Morgan fingerprint density at radius 3 is 2.25 bits per heavy atom. The van der Waals surface area contributed by atoms with Gasteiger partial charge in [-0.2, -0.15) is 5.26 Å². The van der Waals surface area contributed by atoms with E-state index in [1.54, 1.807) is 0 Å². The molecule has 0 aromatic heterocycles. The normalized spacial score (nSPS) is 12.2. The quantitative estimate of drug-likeness (QED) is 0.647. The summed E-state index contributed by atoms with van der Waals surface area (Å²) in [5, 5.41) is 17.1. The van der Waals surface area contributed by atoms with Crippen LogP contribution in [-0.2, 0) is 0 Å². The molecule has 2 nitrogen and oxygen atoms in total. The van der Waals surface area contributed by atoms with Crippen molar-refractivity contribution in [1.82, 2.24) is 0 Å². The van der Waals surface area contributed by atoms with Crippen molar-refractivity contribution >= 4 is 0 Å². The van der Waals surface area contributed by atoms with Gasteiger partial charge in [-0.3, -0.25) is 0 Å². The monoisotopic (exact) mass is 169 g/mol. The molecule has 1 N–H and O–H groups in total. The maximum absolute atomic E-state index is 12.7. The second-order valence-corrected chi connectivity index (χ2v) is 2.17. The molecule has 0 unspecified atom stereocenters. The molecule has 1 aromatic carbocycles. The lowest BCUT2D eigenvalue weighted by Crippen LogP contribution is -2.01. The molecule has 0 amide bonds. The molecule has 0 spiro atoms. The van der Waals surface area contributed by atoms with Gasteiger partial charge in [-0.05, 0) is 12.1 Å². The molecule has 0 radical (unpaired) electrons. The van der Waals surface area contributed by atoms with Gasteiger partial charge >= 0.3 is 0 Å². The molecule has 62 valence electrons. The smallest absolute Gasteiger partial charge is 0.171 e. The van der Waals surface area contributed by atoms with Crippen LogP contribution in [0.2, 0.25) is 0 Å². The number of halogens is 2.